The third-order valence-corrected chi connectivity index (χ3v) is 5.00. The molecule has 8 nitrogen and oxygen atoms in total. The summed E-state index contributed by atoms with van der Waals surface area (Å²) in [5, 5.41) is 2.81. The van der Waals surface area contributed by atoms with E-state index in [1.807, 2.05) is 6.92 Å². The zero-order chi connectivity index (χ0) is 22.9. The minimum atomic E-state index is -0.302. The first-order valence-electron chi connectivity index (χ1n) is 10.8. The Morgan fingerprint density at radius 1 is 1.03 bits per heavy atom. The van der Waals surface area contributed by atoms with Crippen LogP contribution in [0.1, 0.15) is 37.0 Å². The minimum Gasteiger partial charge on any atom is -0.493 e. The van der Waals surface area contributed by atoms with E-state index in [4.69, 9.17) is 18.9 Å². The van der Waals surface area contributed by atoms with Gasteiger partial charge in [0.15, 0.2) is 23.0 Å². The van der Waals surface area contributed by atoms with Gasteiger partial charge in [-0.25, -0.2) is 0 Å². The van der Waals surface area contributed by atoms with Crippen molar-refractivity contribution < 1.29 is 28.5 Å². The number of hydrogen-bond acceptors (Lipinski definition) is 6. The Kier molecular flexibility index (Phi) is 8.19. The van der Waals surface area contributed by atoms with E-state index < -0.39 is 0 Å². The van der Waals surface area contributed by atoms with Crippen LogP contribution in [0.2, 0.25) is 0 Å². The SMILES string of the molecule is CCCCOc1ccc(C(=O)N(CC)CC(=O)Nc2ccc3c(c2)OCCO3)cc1OC. The van der Waals surface area contributed by atoms with E-state index >= 15 is 0 Å². The molecule has 0 fully saturated rings. The summed E-state index contributed by atoms with van der Waals surface area (Å²) in [6.07, 6.45) is 1.96. The predicted octanol–water partition coefficient (Wildman–Crippen LogP) is 3.75. The highest BCUT2D eigenvalue weighted by molar-refractivity contribution is 5.99. The number of likely N-dealkylation sites (N-methyl/N-ethyl adjacent to an activating group) is 1. The highest BCUT2D eigenvalue weighted by Crippen LogP contribution is 2.32. The van der Waals surface area contributed by atoms with E-state index in [1.165, 1.54) is 12.0 Å². The molecule has 2 aromatic rings. The van der Waals surface area contributed by atoms with Crippen molar-refractivity contribution in [2.75, 3.05) is 45.3 Å². The number of unbranched alkanes of at least 4 members (excludes halogenated alkanes) is 1. The lowest BCUT2D eigenvalue weighted by Crippen LogP contribution is -2.37. The van der Waals surface area contributed by atoms with Gasteiger partial charge in [-0.3, -0.25) is 9.59 Å². The number of carbonyl (C=O) groups excluding carboxylic acids is 2. The first-order chi connectivity index (χ1) is 15.5. The number of rotatable bonds is 10. The van der Waals surface area contributed by atoms with Gasteiger partial charge >= 0.3 is 0 Å². The van der Waals surface area contributed by atoms with E-state index in [0.717, 1.165) is 12.8 Å². The van der Waals surface area contributed by atoms with Crippen molar-refractivity contribution >= 4 is 17.5 Å². The Hall–Kier alpha value is -3.42. The van der Waals surface area contributed by atoms with Crippen LogP contribution >= 0.6 is 0 Å². The van der Waals surface area contributed by atoms with Gasteiger partial charge in [0.05, 0.1) is 13.7 Å². The standard InChI is InChI=1S/C24H30N2O6/c1-4-6-11-30-19-9-7-17(14-21(19)29-3)24(28)26(5-2)16-23(27)25-18-8-10-20-22(15-18)32-13-12-31-20/h7-10,14-15H,4-6,11-13,16H2,1-3H3,(H,25,27). The maximum Gasteiger partial charge on any atom is 0.254 e. The molecule has 8 heteroatoms. The molecule has 32 heavy (non-hydrogen) atoms. The zero-order valence-corrected chi connectivity index (χ0v) is 18.8. The van der Waals surface area contributed by atoms with Gasteiger partial charge in [0.1, 0.15) is 19.8 Å². The smallest absolute Gasteiger partial charge is 0.254 e. The van der Waals surface area contributed by atoms with Crippen molar-refractivity contribution in [3.05, 3.63) is 42.0 Å². The van der Waals surface area contributed by atoms with Crippen molar-refractivity contribution in [1.82, 2.24) is 4.90 Å². The second kappa shape index (κ2) is 11.3. The molecule has 1 aliphatic rings. The summed E-state index contributed by atoms with van der Waals surface area (Å²) in [7, 11) is 1.54. The molecule has 0 spiro atoms. The number of fused-ring (bicyclic) bond motifs is 1. The molecule has 0 unspecified atom stereocenters. The predicted molar refractivity (Wildman–Crippen MR) is 121 cm³/mol. The van der Waals surface area contributed by atoms with Crippen LogP contribution in [0.25, 0.3) is 0 Å². The number of nitrogens with one attached hydrogen (secondary N) is 1. The van der Waals surface area contributed by atoms with Gasteiger partial charge < -0.3 is 29.2 Å². The fourth-order valence-electron chi connectivity index (χ4n) is 3.25. The minimum absolute atomic E-state index is 0.0825. The summed E-state index contributed by atoms with van der Waals surface area (Å²) >= 11 is 0. The third kappa shape index (κ3) is 5.84. The van der Waals surface area contributed by atoms with Crippen molar-refractivity contribution in [3.8, 4) is 23.0 Å². The fraction of sp³-hybridized carbons (Fsp3) is 0.417. The molecule has 1 heterocycles. The Morgan fingerprint density at radius 2 is 1.81 bits per heavy atom. The van der Waals surface area contributed by atoms with Crippen molar-refractivity contribution in [3.63, 3.8) is 0 Å². The maximum atomic E-state index is 13.0. The molecule has 2 aromatic carbocycles. The summed E-state index contributed by atoms with van der Waals surface area (Å²) in [5.74, 6) is 1.76. The second-order valence-corrected chi connectivity index (χ2v) is 7.29. The van der Waals surface area contributed by atoms with Gasteiger partial charge in [0.25, 0.3) is 5.91 Å². The van der Waals surface area contributed by atoms with E-state index in [0.29, 0.717) is 60.6 Å². The molecule has 0 aromatic heterocycles. The summed E-state index contributed by atoms with van der Waals surface area (Å²) in [6.45, 7) is 5.77. The van der Waals surface area contributed by atoms with Crippen LogP contribution in [0.5, 0.6) is 23.0 Å². The molecule has 3 rings (SSSR count). The van der Waals surface area contributed by atoms with E-state index in [-0.39, 0.29) is 18.4 Å². The van der Waals surface area contributed by atoms with Crippen molar-refractivity contribution in [1.29, 1.82) is 0 Å². The largest absolute Gasteiger partial charge is 0.493 e. The number of hydrogen-bond donors (Lipinski definition) is 1. The maximum absolute atomic E-state index is 13.0. The first kappa shape index (κ1) is 23.2. The molecule has 0 aliphatic carbocycles. The lowest BCUT2D eigenvalue weighted by Gasteiger charge is -2.22. The average molecular weight is 443 g/mol. The monoisotopic (exact) mass is 442 g/mol. The molecule has 1 N–H and O–H groups in total. The van der Waals surface area contributed by atoms with Crippen LogP contribution in [-0.4, -0.2) is 56.7 Å². The van der Waals surface area contributed by atoms with Gasteiger partial charge in [-0.2, -0.15) is 0 Å². The van der Waals surface area contributed by atoms with Crippen LogP contribution in [0.15, 0.2) is 36.4 Å². The Bertz CT molecular complexity index is 946. The molecule has 0 saturated heterocycles. The fourth-order valence-corrected chi connectivity index (χ4v) is 3.25. The lowest BCUT2D eigenvalue weighted by molar-refractivity contribution is -0.116. The average Bonchev–Trinajstić information content (AvgIpc) is 2.82. The molecule has 1 aliphatic heterocycles. The van der Waals surface area contributed by atoms with E-state index in [9.17, 15) is 9.59 Å². The van der Waals surface area contributed by atoms with Gasteiger partial charge in [-0.05, 0) is 43.7 Å². The van der Waals surface area contributed by atoms with Crippen LogP contribution in [0, 0.1) is 0 Å². The normalized spacial score (nSPS) is 12.1. The van der Waals surface area contributed by atoms with Gasteiger partial charge in [-0.15, -0.1) is 0 Å². The number of carbonyl (C=O) groups is 2. The lowest BCUT2D eigenvalue weighted by atomic mass is 10.1. The van der Waals surface area contributed by atoms with Crippen LogP contribution in [0.3, 0.4) is 0 Å². The van der Waals surface area contributed by atoms with Gasteiger partial charge in [0, 0.05) is 23.9 Å². The molecule has 0 atom stereocenters. The molecular weight excluding hydrogens is 412 g/mol. The zero-order valence-electron chi connectivity index (χ0n) is 18.8. The Morgan fingerprint density at radius 3 is 2.53 bits per heavy atom. The number of methoxy groups -OCH3 is 1. The Labute approximate surface area is 188 Å². The summed E-state index contributed by atoms with van der Waals surface area (Å²) < 4.78 is 22.1. The van der Waals surface area contributed by atoms with E-state index in [1.54, 1.807) is 36.4 Å². The molecule has 0 radical (unpaired) electrons. The van der Waals surface area contributed by atoms with Gasteiger partial charge in [0.2, 0.25) is 5.91 Å². The molecular formula is C24H30N2O6. The number of benzene rings is 2. The third-order valence-electron chi connectivity index (χ3n) is 5.00. The number of anilines is 1. The van der Waals surface area contributed by atoms with Crippen LogP contribution < -0.4 is 24.3 Å². The summed E-state index contributed by atoms with van der Waals surface area (Å²) in [5.41, 5.74) is 1.01. The molecule has 0 bridgehead atoms. The van der Waals surface area contributed by atoms with Crippen molar-refractivity contribution in [2.24, 2.45) is 0 Å². The molecule has 172 valence electrons. The Balaban J connectivity index is 1.64. The summed E-state index contributed by atoms with van der Waals surface area (Å²) in [4.78, 5) is 27.1. The van der Waals surface area contributed by atoms with Crippen LogP contribution in [0.4, 0.5) is 5.69 Å². The molecule has 2 amide bonds. The number of nitrogens with zero attached hydrogens (tertiary/aromatic N) is 1. The number of ether oxygens (including phenoxy) is 4. The highest BCUT2D eigenvalue weighted by Gasteiger charge is 2.20. The van der Waals surface area contributed by atoms with Gasteiger partial charge in [-0.1, -0.05) is 13.3 Å². The topological polar surface area (TPSA) is 86.3 Å². The highest BCUT2D eigenvalue weighted by atomic mass is 16.6. The van der Waals surface area contributed by atoms with Crippen molar-refractivity contribution in [2.45, 2.75) is 26.7 Å². The summed E-state index contributed by atoms with van der Waals surface area (Å²) in [6, 6.07) is 10.3. The quantitative estimate of drug-likeness (QED) is 0.564. The first-order valence-corrected chi connectivity index (χ1v) is 10.8. The number of amides is 2. The van der Waals surface area contributed by atoms with E-state index in [2.05, 4.69) is 12.2 Å². The molecule has 0 saturated carbocycles. The van der Waals surface area contributed by atoms with Crippen LogP contribution in [-0.2, 0) is 4.79 Å². The second-order valence-electron chi connectivity index (χ2n) is 7.29.